The molecule has 0 spiro atoms. The highest BCUT2D eigenvalue weighted by molar-refractivity contribution is 5.95. The van der Waals surface area contributed by atoms with E-state index in [0.717, 1.165) is 31.4 Å². The van der Waals surface area contributed by atoms with Crippen molar-refractivity contribution in [3.8, 4) is 5.82 Å². The molecule has 0 aliphatic heterocycles. The third-order valence-corrected chi connectivity index (χ3v) is 5.02. The van der Waals surface area contributed by atoms with Gasteiger partial charge >= 0.3 is 0 Å². The maximum atomic E-state index is 12.8. The van der Waals surface area contributed by atoms with Gasteiger partial charge in [-0.15, -0.1) is 0 Å². The molecule has 2 aromatic rings. The topological polar surface area (TPSA) is 80.0 Å². The fraction of sp³-hybridized carbons (Fsp3) is 0.526. The Balaban J connectivity index is 1.81. The number of rotatable bonds is 5. The Labute approximate surface area is 148 Å². The van der Waals surface area contributed by atoms with Gasteiger partial charge in [-0.05, 0) is 31.4 Å². The van der Waals surface area contributed by atoms with E-state index < -0.39 is 0 Å². The summed E-state index contributed by atoms with van der Waals surface area (Å²) in [5.74, 6) is 0.743. The molecule has 1 saturated carbocycles. The molecule has 0 radical (unpaired) electrons. The molecule has 3 rings (SSSR count). The van der Waals surface area contributed by atoms with Gasteiger partial charge in [0.15, 0.2) is 5.82 Å². The first-order valence-corrected chi connectivity index (χ1v) is 9.14. The van der Waals surface area contributed by atoms with Gasteiger partial charge in [-0.2, -0.15) is 5.10 Å². The number of aromatic nitrogens is 3. The zero-order valence-electron chi connectivity index (χ0n) is 14.7. The number of carbonyl (C=O) groups excluding carboxylic acids is 1. The van der Waals surface area contributed by atoms with Gasteiger partial charge in [-0.3, -0.25) is 4.79 Å². The molecular formula is C19H26N4O2. The SMILES string of the molecule is CCc1c(C(=O)NC2CCCCCC2CO)cnn1-c1ccccn1. The maximum absolute atomic E-state index is 12.8. The van der Waals surface area contributed by atoms with Crippen molar-refractivity contribution in [2.24, 2.45) is 5.92 Å². The number of carbonyl (C=O) groups is 1. The summed E-state index contributed by atoms with van der Waals surface area (Å²) in [6.45, 7) is 2.13. The standard InChI is InChI=1S/C19H26N4O2/c1-2-17-15(12-21-23(17)18-10-6-7-11-20-18)19(25)22-16-9-5-3-4-8-14(16)13-24/h6-7,10-12,14,16,24H,2-5,8-9,13H2,1H3,(H,22,25). The molecule has 0 saturated heterocycles. The number of aliphatic hydroxyl groups is 1. The van der Waals surface area contributed by atoms with Gasteiger partial charge in [0.2, 0.25) is 0 Å². The van der Waals surface area contributed by atoms with E-state index in [0.29, 0.717) is 17.8 Å². The molecule has 2 N–H and O–H groups in total. The highest BCUT2D eigenvalue weighted by Gasteiger charge is 2.26. The number of hydrogen-bond acceptors (Lipinski definition) is 4. The molecule has 2 atom stereocenters. The first kappa shape index (κ1) is 17.6. The van der Waals surface area contributed by atoms with Crippen molar-refractivity contribution in [1.82, 2.24) is 20.1 Å². The van der Waals surface area contributed by atoms with Gasteiger partial charge in [0.1, 0.15) is 0 Å². The molecule has 1 aliphatic carbocycles. The Morgan fingerprint density at radius 2 is 2.16 bits per heavy atom. The van der Waals surface area contributed by atoms with Crippen LogP contribution in [0.5, 0.6) is 0 Å². The second-order valence-electron chi connectivity index (χ2n) is 6.62. The van der Waals surface area contributed by atoms with E-state index >= 15 is 0 Å². The number of amides is 1. The van der Waals surface area contributed by atoms with E-state index in [1.807, 2.05) is 25.1 Å². The summed E-state index contributed by atoms with van der Waals surface area (Å²) in [6.07, 6.45) is 9.29. The van der Waals surface area contributed by atoms with Gasteiger partial charge in [-0.1, -0.05) is 32.3 Å². The maximum Gasteiger partial charge on any atom is 0.255 e. The molecule has 0 aromatic carbocycles. The lowest BCUT2D eigenvalue weighted by Gasteiger charge is -2.24. The number of hydrogen-bond donors (Lipinski definition) is 2. The van der Waals surface area contributed by atoms with Gasteiger partial charge in [0, 0.05) is 24.8 Å². The Hall–Kier alpha value is -2.21. The van der Waals surface area contributed by atoms with Crippen molar-refractivity contribution in [2.45, 2.75) is 51.5 Å². The Bertz CT molecular complexity index is 699. The van der Waals surface area contributed by atoms with Crippen molar-refractivity contribution < 1.29 is 9.90 Å². The van der Waals surface area contributed by atoms with Crippen LogP contribution in [-0.4, -0.2) is 38.4 Å². The lowest BCUT2D eigenvalue weighted by molar-refractivity contribution is 0.0898. The summed E-state index contributed by atoms with van der Waals surface area (Å²) in [4.78, 5) is 17.2. The van der Waals surface area contributed by atoms with Gasteiger partial charge in [0.25, 0.3) is 5.91 Å². The van der Waals surface area contributed by atoms with Crippen LogP contribution in [0.1, 0.15) is 55.1 Å². The molecule has 6 heteroatoms. The summed E-state index contributed by atoms with van der Waals surface area (Å²) in [7, 11) is 0. The summed E-state index contributed by atoms with van der Waals surface area (Å²) in [5, 5.41) is 17.2. The largest absolute Gasteiger partial charge is 0.396 e. The van der Waals surface area contributed by atoms with Crippen LogP contribution in [0.2, 0.25) is 0 Å². The molecule has 2 heterocycles. The average molecular weight is 342 g/mol. The zero-order valence-corrected chi connectivity index (χ0v) is 14.7. The second-order valence-corrected chi connectivity index (χ2v) is 6.62. The van der Waals surface area contributed by atoms with E-state index in [9.17, 15) is 9.90 Å². The minimum atomic E-state index is -0.107. The van der Waals surface area contributed by atoms with E-state index in [-0.39, 0.29) is 24.5 Å². The van der Waals surface area contributed by atoms with Crippen LogP contribution >= 0.6 is 0 Å². The Morgan fingerprint density at radius 3 is 2.88 bits per heavy atom. The summed E-state index contributed by atoms with van der Waals surface area (Å²) in [5.41, 5.74) is 1.44. The van der Waals surface area contributed by atoms with Crippen LogP contribution in [0.25, 0.3) is 5.82 Å². The molecule has 0 bridgehead atoms. The van der Waals surface area contributed by atoms with Gasteiger partial charge < -0.3 is 10.4 Å². The van der Waals surface area contributed by atoms with E-state index in [1.165, 1.54) is 6.42 Å². The normalized spacial score (nSPS) is 20.9. The molecule has 25 heavy (non-hydrogen) atoms. The molecule has 1 amide bonds. The lowest BCUT2D eigenvalue weighted by Crippen LogP contribution is -2.41. The number of nitrogens with one attached hydrogen (secondary N) is 1. The quantitative estimate of drug-likeness (QED) is 0.818. The summed E-state index contributed by atoms with van der Waals surface area (Å²) < 4.78 is 1.73. The first-order chi connectivity index (χ1) is 12.2. The fourth-order valence-electron chi connectivity index (χ4n) is 3.62. The minimum Gasteiger partial charge on any atom is -0.396 e. The molecule has 1 fully saturated rings. The van der Waals surface area contributed by atoms with Gasteiger partial charge in [0.05, 0.1) is 17.5 Å². The van der Waals surface area contributed by atoms with Crippen LogP contribution < -0.4 is 5.32 Å². The molecule has 6 nitrogen and oxygen atoms in total. The number of pyridine rings is 1. The number of aliphatic hydroxyl groups excluding tert-OH is 1. The second kappa shape index (κ2) is 8.25. The van der Waals surface area contributed by atoms with Crippen molar-refractivity contribution in [2.75, 3.05) is 6.61 Å². The highest BCUT2D eigenvalue weighted by atomic mass is 16.3. The first-order valence-electron chi connectivity index (χ1n) is 9.14. The predicted molar refractivity (Wildman–Crippen MR) is 95.7 cm³/mol. The third-order valence-electron chi connectivity index (χ3n) is 5.02. The van der Waals surface area contributed by atoms with Crippen molar-refractivity contribution in [3.63, 3.8) is 0 Å². The zero-order chi connectivity index (χ0) is 17.6. The molecular weight excluding hydrogens is 316 g/mol. The number of nitrogens with zero attached hydrogens (tertiary/aromatic N) is 3. The smallest absolute Gasteiger partial charge is 0.255 e. The van der Waals surface area contributed by atoms with E-state index in [4.69, 9.17) is 0 Å². The molecule has 134 valence electrons. The van der Waals surface area contributed by atoms with Crippen molar-refractivity contribution in [1.29, 1.82) is 0 Å². The van der Waals surface area contributed by atoms with Crippen LogP contribution in [0.4, 0.5) is 0 Å². The van der Waals surface area contributed by atoms with Gasteiger partial charge in [-0.25, -0.2) is 9.67 Å². The Kier molecular flexibility index (Phi) is 5.81. The molecule has 1 aliphatic rings. The van der Waals surface area contributed by atoms with Crippen LogP contribution in [0.15, 0.2) is 30.6 Å². The monoisotopic (exact) mass is 342 g/mol. The van der Waals surface area contributed by atoms with E-state index in [2.05, 4.69) is 15.4 Å². The molecule has 2 aromatic heterocycles. The third kappa shape index (κ3) is 3.90. The lowest BCUT2D eigenvalue weighted by atomic mass is 9.95. The van der Waals surface area contributed by atoms with Crippen LogP contribution in [0, 0.1) is 5.92 Å². The summed E-state index contributed by atoms with van der Waals surface area (Å²) in [6, 6.07) is 5.66. The van der Waals surface area contributed by atoms with Crippen LogP contribution in [0.3, 0.4) is 0 Å². The van der Waals surface area contributed by atoms with Crippen molar-refractivity contribution in [3.05, 3.63) is 41.9 Å². The average Bonchev–Trinajstić information content (AvgIpc) is 2.96. The summed E-state index contributed by atoms with van der Waals surface area (Å²) >= 11 is 0. The minimum absolute atomic E-state index is 0.0305. The highest BCUT2D eigenvalue weighted by Crippen LogP contribution is 2.24. The van der Waals surface area contributed by atoms with Crippen molar-refractivity contribution >= 4 is 5.91 Å². The van der Waals surface area contributed by atoms with E-state index in [1.54, 1.807) is 17.1 Å². The molecule has 2 unspecified atom stereocenters. The fourth-order valence-corrected chi connectivity index (χ4v) is 3.62. The van der Waals surface area contributed by atoms with Crippen LogP contribution in [-0.2, 0) is 6.42 Å². The predicted octanol–water partition coefficient (Wildman–Crippen LogP) is 2.50. The Morgan fingerprint density at radius 1 is 1.32 bits per heavy atom.